The van der Waals surface area contributed by atoms with Gasteiger partial charge in [0.25, 0.3) is 0 Å². The van der Waals surface area contributed by atoms with E-state index in [1.807, 2.05) is 0 Å². The van der Waals surface area contributed by atoms with Crippen LogP contribution >= 0.6 is 0 Å². The molecule has 0 aliphatic rings. The average Bonchev–Trinajstić information content (AvgIpc) is 1.19. The summed E-state index contributed by atoms with van der Waals surface area (Å²) in [4.78, 5) is 8.33. The van der Waals surface area contributed by atoms with Crippen LogP contribution in [0.2, 0.25) is 0 Å². The zero-order chi connectivity index (χ0) is 8.08. The molecule has 0 fully saturated rings. The summed E-state index contributed by atoms with van der Waals surface area (Å²) in [6, 6.07) is 0. The Kier molecular flexibility index (Phi) is 22.5. The number of rotatable bonds is 0. The minimum absolute atomic E-state index is 0. The molecule has 0 spiro atoms. The Hall–Kier alpha value is 0.919. The van der Waals surface area contributed by atoms with Gasteiger partial charge in [0.2, 0.25) is 0 Å². The van der Waals surface area contributed by atoms with Crippen molar-refractivity contribution in [2.45, 2.75) is 0 Å². The van der Waals surface area contributed by atoms with Gasteiger partial charge in [-0.05, 0) is 6.16 Å². The van der Waals surface area contributed by atoms with Crippen molar-refractivity contribution in [3.05, 3.63) is 0 Å². The maximum atomic E-state index is 8.52. The molecule has 0 saturated heterocycles. The van der Waals surface area contributed by atoms with E-state index in [-0.39, 0.29) is 54.8 Å². The molecule has 0 aliphatic heterocycles. The van der Waals surface area contributed by atoms with Gasteiger partial charge in [0.15, 0.2) is 0 Å². The summed E-state index contributed by atoms with van der Waals surface area (Å²) in [5.41, 5.74) is 0. The smallest absolute Gasteiger partial charge is 0.759 e. The Morgan fingerprint density at radius 2 is 1.09 bits per heavy atom. The first kappa shape index (κ1) is 22.7. The molecule has 0 unspecified atom stereocenters. The first-order valence-electron chi connectivity index (χ1n) is 1.28. The van der Waals surface area contributed by atoms with Crippen molar-refractivity contribution in [2.24, 2.45) is 0 Å². The van der Waals surface area contributed by atoms with Crippen LogP contribution in [0.5, 0.6) is 0 Å². The minimum atomic E-state index is -5.17. The zero-order valence-electron chi connectivity index (χ0n) is 4.77. The number of carbonyl (C=O) groups excluding carboxylic acids is 1. The monoisotopic (exact) mass is 259 g/mol. The summed E-state index contributed by atoms with van der Waals surface area (Å²) in [6.07, 6.45) is -2.33. The van der Waals surface area contributed by atoms with Crippen LogP contribution in [0.1, 0.15) is 0 Å². The molecule has 7 nitrogen and oxygen atoms in total. The van der Waals surface area contributed by atoms with Gasteiger partial charge in [0.05, 0.1) is 0 Å². The molecule has 0 aromatic heterocycles. The predicted molar refractivity (Wildman–Crippen MR) is 21.6 cm³/mol. The second-order valence-electron chi connectivity index (χ2n) is 0.658. The average molecular weight is 260 g/mol. The Balaban J connectivity index is -0.0000000383. The van der Waals surface area contributed by atoms with E-state index in [4.69, 9.17) is 32.5 Å². The summed E-state index contributed by atoms with van der Waals surface area (Å²) in [5, 5.41) is 16.7. The fraction of sp³-hybridized carbons (Fsp3) is 0. The van der Waals surface area contributed by atoms with Crippen molar-refractivity contribution in [3.8, 4) is 0 Å². The summed E-state index contributed by atoms with van der Waals surface area (Å²) < 4.78 is 34.1. The van der Waals surface area contributed by atoms with Crippen molar-refractivity contribution in [1.29, 1.82) is 0 Å². The summed E-state index contributed by atoms with van der Waals surface area (Å²) >= 11 is 0. The molecule has 0 heterocycles. The molecule has 10 heteroatoms. The molecule has 0 aliphatic carbocycles. The molecule has 0 N–H and O–H groups in total. The zero-order valence-corrected chi connectivity index (χ0v) is 8.74. The topological polar surface area (TPSA) is 143 Å². The number of hydrogen-bond donors (Lipinski definition) is 0. The van der Waals surface area contributed by atoms with E-state index in [1.54, 1.807) is 0 Å². The normalized spacial score (nSPS) is 7.45. The van der Waals surface area contributed by atoms with Gasteiger partial charge in [-0.25, -0.2) is 0 Å². The van der Waals surface area contributed by atoms with E-state index in [0.29, 0.717) is 0 Å². The summed E-state index contributed by atoms with van der Waals surface area (Å²) in [7, 11) is -5.17. The molecule has 65 valence electrons. The van der Waals surface area contributed by atoms with E-state index in [9.17, 15) is 0 Å². The van der Waals surface area contributed by atoms with Crippen LogP contribution in [0.25, 0.3) is 0 Å². The van der Waals surface area contributed by atoms with Crippen molar-refractivity contribution in [2.75, 3.05) is 0 Å². The molecule has 0 saturated carbocycles. The van der Waals surface area contributed by atoms with Crippen molar-refractivity contribution >= 4 is 54.3 Å². The van der Waals surface area contributed by atoms with Gasteiger partial charge in [0.1, 0.15) is 0 Å². The van der Waals surface area contributed by atoms with Crippen molar-refractivity contribution < 1.29 is 49.6 Å². The van der Waals surface area contributed by atoms with E-state index in [0.717, 1.165) is 0 Å². The molecule has 1 radical (unpaired) electrons. The van der Waals surface area contributed by atoms with Gasteiger partial charge in [0, 0.05) is 10.4 Å². The fourth-order valence-corrected chi connectivity index (χ4v) is 0. The third-order valence-electron chi connectivity index (χ3n) is 0. The fourth-order valence-electron chi connectivity index (χ4n) is 0. The van der Waals surface area contributed by atoms with E-state index >= 15 is 0 Å². The van der Waals surface area contributed by atoms with Gasteiger partial charge in [-0.1, -0.05) is 0 Å². The number of carboxylic acid groups (broad SMARTS) is 2. The van der Waals surface area contributed by atoms with Crippen molar-refractivity contribution in [3.63, 3.8) is 0 Å². The van der Waals surface area contributed by atoms with Crippen molar-refractivity contribution in [1.82, 2.24) is 0 Å². The maximum Gasteiger partial charge on any atom is 2.00 e. The van der Waals surface area contributed by atoms with Crippen LogP contribution in [0, 0.1) is 0 Å². The van der Waals surface area contributed by atoms with Gasteiger partial charge in [-0.3, -0.25) is 8.42 Å². The predicted octanol–water partition coefficient (Wildman–Crippen LogP) is -4.17. The molecule has 0 rings (SSSR count). The van der Waals surface area contributed by atoms with E-state index in [1.165, 1.54) is 0 Å². The third-order valence-corrected chi connectivity index (χ3v) is 0. The first-order valence-corrected chi connectivity index (χ1v) is 2.61. The second kappa shape index (κ2) is 10.9. The van der Waals surface area contributed by atoms with Crippen LogP contribution in [0.3, 0.4) is 0 Å². The van der Waals surface area contributed by atoms with Gasteiger partial charge >= 0.3 is 54.8 Å². The minimum Gasteiger partial charge on any atom is -0.759 e. The molecule has 0 amide bonds. The van der Waals surface area contributed by atoms with Gasteiger partial charge in [-0.2, -0.15) is 0 Å². The Morgan fingerprint density at radius 1 is 1.09 bits per heavy atom. The molecule has 11 heavy (non-hydrogen) atoms. The van der Waals surface area contributed by atoms with E-state index in [2.05, 4.69) is 0 Å². The first-order chi connectivity index (χ1) is 3.73. The van der Waals surface area contributed by atoms with Crippen LogP contribution in [-0.4, -0.2) is 61.4 Å². The molecular formula is CCaCuO7S. The van der Waals surface area contributed by atoms with Crippen LogP contribution in [-0.2, 0) is 27.5 Å². The quantitative estimate of drug-likeness (QED) is 0.244. The van der Waals surface area contributed by atoms with Crippen LogP contribution in [0.4, 0.5) is 4.79 Å². The van der Waals surface area contributed by atoms with Crippen LogP contribution in [0.15, 0.2) is 0 Å². The standard InChI is InChI=1S/CH2O3.Ca.Cu.H2O4S/c2-1(3)4;;;1-5(2,3)4/h(H2,2,3,4);;;(H2,1,2,3,4)/q;2*+2;/p-4. The SMILES string of the molecule is O=C([O-])[O-].O=S(=O)([O-])[O-].[Ca+2].[Cu+2]. The molecule has 0 aromatic carbocycles. The van der Waals surface area contributed by atoms with Gasteiger partial charge in [-0.15, -0.1) is 0 Å². The molecule has 0 aromatic rings. The Labute approximate surface area is 103 Å². The Bertz CT molecular complexity index is 161. The summed E-state index contributed by atoms with van der Waals surface area (Å²) in [6.45, 7) is 0. The molecule has 0 bridgehead atoms. The second-order valence-corrected chi connectivity index (χ2v) is 1.47. The third kappa shape index (κ3) is 1030. The molecular weight excluding hydrogens is 260 g/mol. The van der Waals surface area contributed by atoms with E-state index < -0.39 is 16.6 Å². The maximum absolute atomic E-state index is 8.52. The number of hydrogen-bond acceptors (Lipinski definition) is 7. The largest absolute Gasteiger partial charge is 2.00 e. The van der Waals surface area contributed by atoms with Crippen LogP contribution < -0.4 is 10.2 Å². The number of carbonyl (C=O) groups is 1. The summed E-state index contributed by atoms with van der Waals surface area (Å²) in [5.74, 6) is 0. The molecule has 0 atom stereocenters. The van der Waals surface area contributed by atoms with Gasteiger partial charge < -0.3 is 24.1 Å². The Morgan fingerprint density at radius 3 is 1.09 bits per heavy atom.